The van der Waals surface area contributed by atoms with Crippen molar-refractivity contribution in [3.8, 4) is 32.3 Å². The summed E-state index contributed by atoms with van der Waals surface area (Å²) in [5.74, 6) is -1.24. The first-order chi connectivity index (χ1) is 20.3. The van der Waals surface area contributed by atoms with Gasteiger partial charge in [-0.15, -0.1) is 11.3 Å². The van der Waals surface area contributed by atoms with Crippen LogP contribution in [0, 0.1) is 0 Å². The molecule has 0 aliphatic carbocycles. The molecular weight excluding hydrogens is 565 g/mol. The molecule has 6 nitrogen and oxygen atoms in total. The van der Waals surface area contributed by atoms with Gasteiger partial charge in [0.1, 0.15) is 11.0 Å². The molecule has 8 heteroatoms. The third-order valence-electron chi connectivity index (χ3n) is 7.18. The minimum atomic E-state index is -4.09. The fourth-order valence-electron chi connectivity index (χ4n) is 4.69. The van der Waals surface area contributed by atoms with Crippen molar-refractivity contribution < 1.29 is 18.3 Å². The number of carboxylic acid groups (broad SMARTS) is 1. The summed E-state index contributed by atoms with van der Waals surface area (Å²) in [6.45, 7) is 4.25. The number of carboxylic acids is 1. The molecule has 4 aromatic carbocycles. The molecule has 0 spiro atoms. The molecule has 0 fully saturated rings. The highest BCUT2D eigenvalue weighted by molar-refractivity contribution is 7.89. The van der Waals surface area contributed by atoms with Crippen molar-refractivity contribution in [3.63, 3.8) is 0 Å². The third kappa shape index (κ3) is 6.68. The summed E-state index contributed by atoms with van der Waals surface area (Å²) in [5.41, 5.74) is 6.83. The number of nitrogens with zero attached hydrogens (tertiary/aromatic N) is 1. The number of aliphatic carboxylic acids is 1. The van der Waals surface area contributed by atoms with Gasteiger partial charge in [0.05, 0.1) is 15.5 Å². The Labute approximate surface area is 250 Å². The van der Waals surface area contributed by atoms with Crippen LogP contribution in [0.4, 0.5) is 0 Å². The van der Waals surface area contributed by atoms with E-state index in [1.807, 2.05) is 6.07 Å². The molecule has 214 valence electrons. The van der Waals surface area contributed by atoms with Gasteiger partial charge >= 0.3 is 5.97 Å². The molecule has 0 saturated carbocycles. The van der Waals surface area contributed by atoms with Gasteiger partial charge < -0.3 is 5.11 Å². The zero-order valence-corrected chi connectivity index (χ0v) is 25.1. The van der Waals surface area contributed by atoms with Crippen LogP contribution in [0.25, 0.3) is 32.3 Å². The smallest absolute Gasteiger partial charge is 0.322 e. The van der Waals surface area contributed by atoms with Gasteiger partial charge in [0.15, 0.2) is 0 Å². The maximum absolute atomic E-state index is 13.2. The summed E-state index contributed by atoms with van der Waals surface area (Å²) >= 11 is 1.60. The number of thiazole rings is 1. The van der Waals surface area contributed by atoms with Crippen molar-refractivity contribution in [2.45, 2.75) is 44.0 Å². The Morgan fingerprint density at radius 1 is 0.762 bits per heavy atom. The lowest BCUT2D eigenvalue weighted by Gasteiger charge is -2.15. The molecule has 42 heavy (non-hydrogen) atoms. The van der Waals surface area contributed by atoms with Crippen LogP contribution in [-0.2, 0) is 34.1 Å². The topological polar surface area (TPSA) is 96.4 Å². The monoisotopic (exact) mass is 596 g/mol. The van der Waals surface area contributed by atoms with E-state index in [2.05, 4.69) is 67.1 Å². The van der Waals surface area contributed by atoms with Crippen LogP contribution in [-0.4, -0.2) is 30.5 Å². The molecule has 5 rings (SSSR count). The average Bonchev–Trinajstić information content (AvgIpc) is 3.47. The second-order valence-electron chi connectivity index (χ2n) is 10.0. The fourth-order valence-corrected chi connectivity index (χ4v) is 6.97. The zero-order valence-electron chi connectivity index (χ0n) is 23.4. The van der Waals surface area contributed by atoms with Gasteiger partial charge in [-0.05, 0) is 53.6 Å². The lowest BCUT2D eigenvalue weighted by Crippen LogP contribution is -2.42. The highest BCUT2D eigenvalue weighted by atomic mass is 32.2. The molecule has 2 N–H and O–H groups in total. The van der Waals surface area contributed by atoms with Crippen LogP contribution in [0.15, 0.2) is 108 Å². The van der Waals surface area contributed by atoms with Crippen molar-refractivity contribution in [2.75, 3.05) is 0 Å². The third-order valence-corrected chi connectivity index (χ3v) is 9.82. The van der Waals surface area contributed by atoms with Crippen LogP contribution in [0.3, 0.4) is 0 Å². The average molecular weight is 597 g/mol. The molecule has 0 saturated heterocycles. The van der Waals surface area contributed by atoms with Crippen LogP contribution in [0.2, 0.25) is 0 Å². The fraction of sp³-hybridized carbons (Fsp3) is 0.176. The van der Waals surface area contributed by atoms with Crippen LogP contribution in [0.5, 0.6) is 0 Å². The summed E-state index contributed by atoms with van der Waals surface area (Å²) in [4.78, 5) is 17.9. The van der Waals surface area contributed by atoms with Crippen molar-refractivity contribution >= 4 is 27.3 Å². The predicted octanol–water partition coefficient (Wildman–Crippen LogP) is 7.24. The van der Waals surface area contributed by atoms with E-state index in [-0.39, 0.29) is 11.3 Å². The van der Waals surface area contributed by atoms with Crippen molar-refractivity contribution in [2.24, 2.45) is 0 Å². The number of nitrogens with one attached hydrogen (secondary N) is 1. The van der Waals surface area contributed by atoms with Crippen LogP contribution >= 0.6 is 11.3 Å². The molecular formula is C34H32N2O4S2. The van der Waals surface area contributed by atoms with Crippen LogP contribution in [0.1, 0.15) is 30.5 Å². The summed E-state index contributed by atoms with van der Waals surface area (Å²) in [7, 11) is -4.09. The van der Waals surface area contributed by atoms with E-state index in [0.717, 1.165) is 50.7 Å². The summed E-state index contributed by atoms with van der Waals surface area (Å²) in [6, 6.07) is 30.9. The Morgan fingerprint density at radius 3 is 1.86 bits per heavy atom. The molecule has 5 aromatic rings. The number of aromatic nitrogens is 1. The second kappa shape index (κ2) is 12.8. The quantitative estimate of drug-likeness (QED) is 0.168. The van der Waals surface area contributed by atoms with Crippen molar-refractivity contribution in [1.82, 2.24) is 9.71 Å². The molecule has 0 bridgehead atoms. The SMILES string of the molecule is CCc1ccc(-c2nc(-c3ccc(S(=O)(=O)NC(Cc4ccccc4)C(=O)O)cc3)c(-c3ccc(CC)cc3)s2)cc1. The highest BCUT2D eigenvalue weighted by Crippen LogP contribution is 2.41. The number of sulfonamides is 1. The minimum absolute atomic E-state index is 0.00924. The van der Waals surface area contributed by atoms with E-state index >= 15 is 0 Å². The summed E-state index contributed by atoms with van der Waals surface area (Å²) < 4.78 is 28.7. The number of hydrogen-bond donors (Lipinski definition) is 2. The molecule has 0 aliphatic heterocycles. The number of benzene rings is 4. The van der Waals surface area contributed by atoms with E-state index in [1.165, 1.54) is 23.3 Å². The standard InChI is InChI=1S/C34H32N2O4S2/c1-3-23-10-14-27(15-11-23)32-31(35-33(41-32)28-16-12-24(4-2)13-17-28)26-18-20-29(21-19-26)42(39,40)36-30(34(37)38)22-25-8-6-5-7-9-25/h5-21,30,36H,3-4,22H2,1-2H3,(H,37,38). The Balaban J connectivity index is 1.47. The molecule has 1 aromatic heterocycles. The van der Waals surface area contributed by atoms with E-state index in [0.29, 0.717) is 0 Å². The molecule has 0 radical (unpaired) electrons. The minimum Gasteiger partial charge on any atom is -0.480 e. The van der Waals surface area contributed by atoms with Gasteiger partial charge in [-0.1, -0.05) is 105 Å². The molecule has 1 unspecified atom stereocenters. The summed E-state index contributed by atoms with van der Waals surface area (Å²) in [6.07, 6.45) is 1.94. The largest absolute Gasteiger partial charge is 0.480 e. The Bertz CT molecular complexity index is 1760. The molecule has 1 heterocycles. The van der Waals surface area contributed by atoms with E-state index < -0.39 is 22.0 Å². The maximum Gasteiger partial charge on any atom is 0.322 e. The van der Waals surface area contributed by atoms with Gasteiger partial charge in [-0.2, -0.15) is 4.72 Å². The van der Waals surface area contributed by atoms with Crippen molar-refractivity contribution in [3.05, 3.63) is 120 Å². The van der Waals surface area contributed by atoms with Crippen LogP contribution < -0.4 is 4.72 Å². The number of rotatable bonds is 11. The second-order valence-corrected chi connectivity index (χ2v) is 12.7. The number of hydrogen-bond acceptors (Lipinski definition) is 5. The predicted molar refractivity (Wildman–Crippen MR) is 169 cm³/mol. The molecule has 0 amide bonds. The maximum atomic E-state index is 13.2. The molecule has 1 atom stereocenters. The first kappa shape index (κ1) is 29.4. The Morgan fingerprint density at radius 2 is 1.31 bits per heavy atom. The zero-order chi connectivity index (χ0) is 29.7. The van der Waals surface area contributed by atoms with Gasteiger partial charge in [0.2, 0.25) is 10.0 Å². The molecule has 0 aliphatic rings. The van der Waals surface area contributed by atoms with E-state index in [4.69, 9.17) is 4.98 Å². The van der Waals surface area contributed by atoms with Gasteiger partial charge in [0.25, 0.3) is 0 Å². The first-order valence-corrected chi connectivity index (χ1v) is 16.2. The highest BCUT2D eigenvalue weighted by Gasteiger charge is 2.26. The van der Waals surface area contributed by atoms with Gasteiger partial charge in [-0.3, -0.25) is 4.79 Å². The Kier molecular flexibility index (Phi) is 8.97. The Hall–Kier alpha value is -4.11. The van der Waals surface area contributed by atoms with Crippen molar-refractivity contribution in [1.29, 1.82) is 0 Å². The van der Waals surface area contributed by atoms with Gasteiger partial charge in [-0.25, -0.2) is 13.4 Å². The van der Waals surface area contributed by atoms with E-state index in [1.54, 1.807) is 47.7 Å². The summed E-state index contributed by atoms with van der Waals surface area (Å²) in [5, 5.41) is 10.6. The lowest BCUT2D eigenvalue weighted by atomic mass is 10.0. The normalized spacial score (nSPS) is 12.2. The number of carbonyl (C=O) groups is 1. The van der Waals surface area contributed by atoms with E-state index in [9.17, 15) is 18.3 Å². The first-order valence-electron chi connectivity index (χ1n) is 13.9. The lowest BCUT2D eigenvalue weighted by molar-refractivity contribution is -0.138. The number of aryl methyl sites for hydroxylation is 2. The van der Waals surface area contributed by atoms with Gasteiger partial charge in [0, 0.05) is 11.1 Å².